The van der Waals surface area contributed by atoms with Gasteiger partial charge in [0.05, 0.1) is 6.04 Å². The minimum absolute atomic E-state index is 0.268. The molecule has 0 spiro atoms. The van der Waals surface area contributed by atoms with Gasteiger partial charge in [-0.25, -0.2) is 15.8 Å². The van der Waals surface area contributed by atoms with E-state index >= 15 is 0 Å². The molecule has 0 aliphatic rings. The quantitative estimate of drug-likeness (QED) is 0.654. The topological polar surface area (TPSA) is 67.1 Å². The summed E-state index contributed by atoms with van der Waals surface area (Å²) < 4.78 is 0. The number of thiophene rings is 1. The number of aryl methyl sites for hydroxylation is 1. The van der Waals surface area contributed by atoms with E-state index in [1.165, 1.54) is 4.88 Å². The van der Waals surface area contributed by atoms with Gasteiger partial charge in [0.1, 0.15) is 17.5 Å². The van der Waals surface area contributed by atoms with E-state index < -0.39 is 0 Å². The van der Waals surface area contributed by atoms with Crippen LogP contribution >= 0.6 is 11.3 Å². The molecular weight excluding hydrogens is 246 g/mol. The highest BCUT2D eigenvalue weighted by Crippen LogP contribution is 2.27. The third kappa shape index (κ3) is 2.60. The minimum Gasteiger partial charge on any atom is -0.352 e. The van der Waals surface area contributed by atoms with Crippen molar-refractivity contribution in [2.75, 3.05) is 17.4 Å². The van der Waals surface area contributed by atoms with Crippen LogP contribution in [0.3, 0.4) is 0 Å². The van der Waals surface area contributed by atoms with E-state index in [0.29, 0.717) is 11.6 Å². The summed E-state index contributed by atoms with van der Waals surface area (Å²) in [5.41, 5.74) is 2.56. The normalized spacial score (nSPS) is 12.2. The van der Waals surface area contributed by atoms with Gasteiger partial charge in [0.25, 0.3) is 0 Å². The summed E-state index contributed by atoms with van der Waals surface area (Å²) in [5, 5.41) is 2.08. The summed E-state index contributed by atoms with van der Waals surface area (Å²) in [6.07, 6.45) is 0. The van der Waals surface area contributed by atoms with Gasteiger partial charge in [0, 0.05) is 18.0 Å². The average Bonchev–Trinajstić information content (AvgIpc) is 2.90. The largest absolute Gasteiger partial charge is 0.352 e. The standard InChI is InChI=1S/C12H17N5S/c1-8(10-5-4-6-18-10)17(3)12-7-11(16-13)14-9(2)15-12/h4-8H,13H2,1-3H3,(H,14,15,16). The Morgan fingerprint density at radius 3 is 2.83 bits per heavy atom. The maximum atomic E-state index is 5.40. The van der Waals surface area contributed by atoms with Crippen LogP contribution in [0.4, 0.5) is 11.6 Å². The molecule has 0 saturated heterocycles. The molecule has 96 valence electrons. The van der Waals surface area contributed by atoms with Crippen molar-refractivity contribution in [1.29, 1.82) is 0 Å². The second-order valence-corrected chi connectivity index (χ2v) is 5.08. The fraction of sp³-hybridized carbons (Fsp3) is 0.333. The Kier molecular flexibility index (Phi) is 3.78. The summed E-state index contributed by atoms with van der Waals surface area (Å²) in [6, 6.07) is 6.30. The maximum absolute atomic E-state index is 5.40. The first-order valence-electron chi connectivity index (χ1n) is 5.70. The number of nitrogens with zero attached hydrogens (tertiary/aromatic N) is 3. The lowest BCUT2D eigenvalue weighted by molar-refractivity contribution is 0.737. The fourth-order valence-corrected chi connectivity index (χ4v) is 2.55. The molecule has 2 aromatic rings. The molecule has 0 fully saturated rings. The lowest BCUT2D eigenvalue weighted by atomic mass is 10.2. The van der Waals surface area contributed by atoms with Gasteiger partial charge in [-0.2, -0.15) is 0 Å². The lowest BCUT2D eigenvalue weighted by Gasteiger charge is -2.25. The van der Waals surface area contributed by atoms with Crippen LogP contribution in [-0.4, -0.2) is 17.0 Å². The molecule has 0 aliphatic carbocycles. The van der Waals surface area contributed by atoms with Gasteiger partial charge in [0.15, 0.2) is 0 Å². The highest BCUT2D eigenvalue weighted by atomic mass is 32.1. The number of nitrogens with two attached hydrogens (primary N) is 1. The highest BCUT2D eigenvalue weighted by Gasteiger charge is 2.15. The van der Waals surface area contributed by atoms with Crippen LogP contribution in [0.5, 0.6) is 0 Å². The van der Waals surface area contributed by atoms with Gasteiger partial charge >= 0.3 is 0 Å². The first-order chi connectivity index (χ1) is 8.61. The zero-order chi connectivity index (χ0) is 13.1. The summed E-state index contributed by atoms with van der Waals surface area (Å²) in [5.74, 6) is 7.59. The first kappa shape index (κ1) is 12.8. The summed E-state index contributed by atoms with van der Waals surface area (Å²) in [6.45, 7) is 4.01. The zero-order valence-electron chi connectivity index (χ0n) is 10.7. The van der Waals surface area contributed by atoms with E-state index in [1.807, 2.05) is 20.0 Å². The van der Waals surface area contributed by atoms with Crippen molar-refractivity contribution >= 4 is 23.0 Å². The molecule has 0 radical (unpaired) electrons. The third-order valence-corrected chi connectivity index (χ3v) is 3.91. The molecule has 2 aromatic heterocycles. The van der Waals surface area contributed by atoms with Crippen LogP contribution in [0.25, 0.3) is 0 Å². The van der Waals surface area contributed by atoms with Gasteiger partial charge in [-0.05, 0) is 25.3 Å². The highest BCUT2D eigenvalue weighted by molar-refractivity contribution is 7.10. The Labute approximate surface area is 111 Å². The van der Waals surface area contributed by atoms with Crippen molar-refractivity contribution in [1.82, 2.24) is 9.97 Å². The van der Waals surface area contributed by atoms with Crippen molar-refractivity contribution in [3.8, 4) is 0 Å². The number of aromatic nitrogens is 2. The van der Waals surface area contributed by atoms with E-state index in [-0.39, 0.29) is 6.04 Å². The molecule has 3 N–H and O–H groups in total. The molecule has 0 aromatic carbocycles. The molecule has 2 rings (SSSR count). The molecule has 0 aliphatic heterocycles. The minimum atomic E-state index is 0.268. The van der Waals surface area contributed by atoms with Gasteiger partial charge in [-0.3, -0.25) is 0 Å². The van der Waals surface area contributed by atoms with E-state index in [9.17, 15) is 0 Å². The van der Waals surface area contributed by atoms with E-state index in [4.69, 9.17) is 5.84 Å². The second-order valence-electron chi connectivity index (χ2n) is 4.11. The van der Waals surface area contributed by atoms with Crippen molar-refractivity contribution in [3.05, 3.63) is 34.3 Å². The summed E-state index contributed by atoms with van der Waals surface area (Å²) in [4.78, 5) is 12.0. The Morgan fingerprint density at radius 2 is 2.22 bits per heavy atom. The Morgan fingerprint density at radius 1 is 1.44 bits per heavy atom. The van der Waals surface area contributed by atoms with Crippen molar-refractivity contribution in [3.63, 3.8) is 0 Å². The molecule has 18 heavy (non-hydrogen) atoms. The molecular formula is C12H17N5S. The lowest BCUT2D eigenvalue weighted by Crippen LogP contribution is -2.23. The smallest absolute Gasteiger partial charge is 0.145 e. The number of hydrazine groups is 1. The third-order valence-electron chi connectivity index (χ3n) is 2.87. The first-order valence-corrected chi connectivity index (χ1v) is 6.58. The number of anilines is 2. The van der Waals surface area contributed by atoms with Gasteiger partial charge in [-0.1, -0.05) is 6.07 Å². The van der Waals surface area contributed by atoms with Crippen LogP contribution in [0, 0.1) is 6.92 Å². The number of rotatable bonds is 4. The summed E-state index contributed by atoms with van der Waals surface area (Å²) >= 11 is 1.74. The molecule has 2 heterocycles. The van der Waals surface area contributed by atoms with Crippen LogP contribution in [-0.2, 0) is 0 Å². The number of hydrogen-bond acceptors (Lipinski definition) is 6. The van der Waals surface area contributed by atoms with Crippen molar-refractivity contribution in [2.45, 2.75) is 19.9 Å². The predicted octanol–water partition coefficient (Wildman–Crippen LogP) is 2.33. The van der Waals surface area contributed by atoms with Gasteiger partial charge in [-0.15, -0.1) is 11.3 Å². The average molecular weight is 263 g/mol. The predicted molar refractivity (Wildman–Crippen MR) is 75.7 cm³/mol. The van der Waals surface area contributed by atoms with Crippen LogP contribution < -0.4 is 16.2 Å². The van der Waals surface area contributed by atoms with E-state index in [2.05, 4.69) is 44.7 Å². The van der Waals surface area contributed by atoms with Crippen molar-refractivity contribution < 1.29 is 0 Å². The van der Waals surface area contributed by atoms with Crippen LogP contribution in [0.1, 0.15) is 23.7 Å². The number of hydrogen-bond donors (Lipinski definition) is 2. The maximum Gasteiger partial charge on any atom is 0.145 e. The van der Waals surface area contributed by atoms with E-state index in [1.54, 1.807) is 11.3 Å². The Balaban J connectivity index is 2.28. The molecule has 0 saturated carbocycles. The fourth-order valence-electron chi connectivity index (χ4n) is 1.72. The monoisotopic (exact) mass is 263 g/mol. The number of nitrogen functional groups attached to an aromatic ring is 1. The molecule has 0 amide bonds. The SMILES string of the molecule is Cc1nc(NN)cc(N(C)C(C)c2cccs2)n1. The van der Waals surface area contributed by atoms with Crippen LogP contribution in [0.2, 0.25) is 0 Å². The second kappa shape index (κ2) is 5.32. The Hall–Kier alpha value is -1.66. The Bertz CT molecular complexity index is 511. The molecule has 1 atom stereocenters. The molecule has 5 nitrogen and oxygen atoms in total. The van der Waals surface area contributed by atoms with Gasteiger partial charge < -0.3 is 10.3 Å². The van der Waals surface area contributed by atoms with Gasteiger partial charge in [0.2, 0.25) is 0 Å². The summed E-state index contributed by atoms with van der Waals surface area (Å²) in [7, 11) is 2.02. The molecule has 0 bridgehead atoms. The van der Waals surface area contributed by atoms with Crippen molar-refractivity contribution in [2.24, 2.45) is 5.84 Å². The molecule has 1 unspecified atom stereocenters. The number of nitrogens with one attached hydrogen (secondary N) is 1. The molecule has 6 heteroatoms. The van der Waals surface area contributed by atoms with Crippen LogP contribution in [0.15, 0.2) is 23.6 Å². The zero-order valence-corrected chi connectivity index (χ0v) is 11.5. The van der Waals surface area contributed by atoms with E-state index in [0.717, 1.165) is 5.82 Å².